The van der Waals surface area contributed by atoms with E-state index in [1.165, 1.54) is 6.08 Å². The Labute approximate surface area is 79.4 Å². The molecule has 0 aromatic heterocycles. The molecule has 0 aromatic carbocycles. The molecule has 0 bridgehead atoms. The highest BCUT2D eigenvalue weighted by atomic mass is 16.5. The second kappa shape index (κ2) is 7.80. The Bertz CT molecular complexity index is 162. The number of hydrogen-bond acceptors (Lipinski definition) is 3. The second-order valence-electron chi connectivity index (χ2n) is 2.93. The summed E-state index contributed by atoms with van der Waals surface area (Å²) >= 11 is 0. The molecule has 0 fully saturated rings. The van der Waals surface area contributed by atoms with E-state index < -0.39 is 0 Å². The average molecular weight is 186 g/mol. The zero-order valence-corrected chi connectivity index (χ0v) is 8.32. The molecule has 0 saturated heterocycles. The molecule has 0 radical (unpaired) electrons. The van der Waals surface area contributed by atoms with Crippen molar-refractivity contribution < 1.29 is 14.6 Å². The fourth-order valence-electron chi connectivity index (χ4n) is 0.901. The fraction of sp³-hybridized carbons (Fsp3) is 0.700. The summed E-state index contributed by atoms with van der Waals surface area (Å²) in [6.07, 6.45) is 5.44. The first-order valence-electron chi connectivity index (χ1n) is 4.68. The van der Waals surface area contributed by atoms with E-state index in [4.69, 9.17) is 9.84 Å². The van der Waals surface area contributed by atoms with Crippen LogP contribution in [0, 0.1) is 0 Å². The van der Waals surface area contributed by atoms with Crippen LogP contribution in [-0.2, 0) is 9.53 Å². The maximum absolute atomic E-state index is 10.8. The van der Waals surface area contributed by atoms with E-state index >= 15 is 0 Å². The monoisotopic (exact) mass is 186 g/mol. The van der Waals surface area contributed by atoms with Crippen LogP contribution in [0.3, 0.4) is 0 Å². The SMILES string of the molecule is CCOC(=O)/C=C/CCC[C@@H](C)O. The van der Waals surface area contributed by atoms with Crippen LogP contribution in [0.25, 0.3) is 0 Å². The van der Waals surface area contributed by atoms with E-state index in [2.05, 4.69) is 0 Å². The quantitative estimate of drug-likeness (QED) is 0.390. The standard InChI is InChI=1S/C10H18O3/c1-3-13-10(12)8-6-4-5-7-9(2)11/h6,8-9,11H,3-5,7H2,1-2H3/b8-6+/t9-/m1/s1. The Kier molecular flexibility index (Phi) is 7.30. The van der Waals surface area contributed by atoms with E-state index in [1.54, 1.807) is 19.9 Å². The van der Waals surface area contributed by atoms with Gasteiger partial charge in [0, 0.05) is 6.08 Å². The summed E-state index contributed by atoms with van der Waals surface area (Å²) in [6.45, 7) is 3.95. The summed E-state index contributed by atoms with van der Waals surface area (Å²) in [5, 5.41) is 8.93. The van der Waals surface area contributed by atoms with Crippen LogP contribution >= 0.6 is 0 Å². The van der Waals surface area contributed by atoms with Crippen molar-refractivity contribution in [2.45, 2.75) is 39.2 Å². The van der Waals surface area contributed by atoms with Gasteiger partial charge in [-0.25, -0.2) is 4.79 Å². The summed E-state index contributed by atoms with van der Waals surface area (Å²) in [5.74, 6) is -0.292. The van der Waals surface area contributed by atoms with Crippen molar-refractivity contribution in [3.8, 4) is 0 Å². The van der Waals surface area contributed by atoms with Crippen molar-refractivity contribution in [2.24, 2.45) is 0 Å². The van der Waals surface area contributed by atoms with Crippen LogP contribution in [0.15, 0.2) is 12.2 Å². The lowest BCUT2D eigenvalue weighted by molar-refractivity contribution is -0.137. The molecule has 0 aliphatic heterocycles. The van der Waals surface area contributed by atoms with Gasteiger partial charge in [0.1, 0.15) is 0 Å². The average Bonchev–Trinajstić information content (AvgIpc) is 2.03. The van der Waals surface area contributed by atoms with Crippen LogP contribution in [0.2, 0.25) is 0 Å². The van der Waals surface area contributed by atoms with Gasteiger partial charge in [0.05, 0.1) is 12.7 Å². The molecule has 0 aliphatic rings. The van der Waals surface area contributed by atoms with Crippen molar-refractivity contribution in [1.82, 2.24) is 0 Å². The van der Waals surface area contributed by atoms with E-state index in [1.807, 2.05) is 0 Å². The number of unbranched alkanes of at least 4 members (excludes halogenated alkanes) is 1. The lowest BCUT2D eigenvalue weighted by Crippen LogP contribution is -1.99. The molecule has 0 amide bonds. The van der Waals surface area contributed by atoms with Gasteiger partial charge >= 0.3 is 5.97 Å². The summed E-state index contributed by atoms with van der Waals surface area (Å²) in [6, 6.07) is 0. The van der Waals surface area contributed by atoms with E-state index in [-0.39, 0.29) is 12.1 Å². The zero-order chi connectivity index (χ0) is 10.1. The van der Waals surface area contributed by atoms with Crippen LogP contribution in [-0.4, -0.2) is 23.8 Å². The van der Waals surface area contributed by atoms with Crippen molar-refractivity contribution in [3.63, 3.8) is 0 Å². The first-order valence-corrected chi connectivity index (χ1v) is 4.68. The fourth-order valence-corrected chi connectivity index (χ4v) is 0.901. The third-order valence-corrected chi connectivity index (χ3v) is 1.53. The van der Waals surface area contributed by atoms with Gasteiger partial charge in [-0.05, 0) is 33.1 Å². The Balaban J connectivity index is 3.35. The van der Waals surface area contributed by atoms with Gasteiger partial charge in [-0.2, -0.15) is 0 Å². The molecule has 0 aliphatic carbocycles. The maximum Gasteiger partial charge on any atom is 0.330 e. The molecule has 0 spiro atoms. The zero-order valence-electron chi connectivity index (χ0n) is 8.32. The number of aliphatic hydroxyl groups excluding tert-OH is 1. The maximum atomic E-state index is 10.8. The summed E-state index contributed by atoms with van der Waals surface area (Å²) in [4.78, 5) is 10.8. The van der Waals surface area contributed by atoms with Gasteiger partial charge in [-0.15, -0.1) is 0 Å². The molecule has 0 saturated carbocycles. The minimum absolute atomic E-state index is 0.254. The Morgan fingerprint density at radius 1 is 1.62 bits per heavy atom. The lowest BCUT2D eigenvalue weighted by Gasteiger charge is -2.00. The number of hydrogen-bond donors (Lipinski definition) is 1. The van der Waals surface area contributed by atoms with E-state index in [9.17, 15) is 4.79 Å². The van der Waals surface area contributed by atoms with Gasteiger partial charge in [0.25, 0.3) is 0 Å². The van der Waals surface area contributed by atoms with E-state index in [0.717, 1.165) is 19.3 Å². The van der Waals surface area contributed by atoms with Gasteiger partial charge in [-0.1, -0.05) is 6.08 Å². The molecule has 0 heterocycles. The van der Waals surface area contributed by atoms with Crippen molar-refractivity contribution in [2.75, 3.05) is 6.61 Å². The molecule has 3 nitrogen and oxygen atoms in total. The molecule has 1 N–H and O–H groups in total. The molecule has 3 heteroatoms. The summed E-state index contributed by atoms with van der Waals surface area (Å²) in [7, 11) is 0. The minimum Gasteiger partial charge on any atom is -0.463 e. The van der Waals surface area contributed by atoms with Crippen LogP contribution in [0.1, 0.15) is 33.1 Å². The predicted molar refractivity (Wildman–Crippen MR) is 51.3 cm³/mol. The molecule has 0 unspecified atom stereocenters. The summed E-state index contributed by atoms with van der Waals surface area (Å²) < 4.78 is 4.69. The molecule has 0 rings (SSSR count). The Hall–Kier alpha value is -0.830. The predicted octanol–water partition coefficient (Wildman–Crippen LogP) is 1.66. The number of ether oxygens (including phenoxy) is 1. The molecule has 76 valence electrons. The minimum atomic E-state index is -0.292. The van der Waals surface area contributed by atoms with Gasteiger partial charge in [0.15, 0.2) is 0 Å². The van der Waals surface area contributed by atoms with Crippen LogP contribution in [0.5, 0.6) is 0 Å². The number of carbonyl (C=O) groups is 1. The number of carbonyl (C=O) groups excluding carboxylic acids is 1. The molecule has 0 aromatic rings. The van der Waals surface area contributed by atoms with Crippen LogP contribution < -0.4 is 0 Å². The normalized spacial score (nSPS) is 13.2. The topological polar surface area (TPSA) is 46.5 Å². The highest BCUT2D eigenvalue weighted by molar-refractivity contribution is 5.81. The van der Waals surface area contributed by atoms with Gasteiger partial charge in [0.2, 0.25) is 0 Å². The number of aliphatic hydroxyl groups is 1. The Morgan fingerprint density at radius 2 is 2.31 bits per heavy atom. The van der Waals surface area contributed by atoms with Crippen molar-refractivity contribution in [3.05, 3.63) is 12.2 Å². The van der Waals surface area contributed by atoms with Crippen LogP contribution in [0.4, 0.5) is 0 Å². The van der Waals surface area contributed by atoms with Crippen molar-refractivity contribution in [1.29, 1.82) is 0 Å². The molecular formula is C10H18O3. The molecule has 1 atom stereocenters. The first-order chi connectivity index (χ1) is 6.16. The third-order valence-electron chi connectivity index (χ3n) is 1.53. The van der Waals surface area contributed by atoms with Gasteiger partial charge < -0.3 is 9.84 Å². The van der Waals surface area contributed by atoms with Crippen molar-refractivity contribution >= 4 is 5.97 Å². The number of rotatable bonds is 6. The lowest BCUT2D eigenvalue weighted by atomic mass is 10.2. The largest absolute Gasteiger partial charge is 0.463 e. The third kappa shape index (κ3) is 9.08. The Morgan fingerprint density at radius 3 is 2.85 bits per heavy atom. The second-order valence-corrected chi connectivity index (χ2v) is 2.93. The van der Waals surface area contributed by atoms with E-state index in [0.29, 0.717) is 6.61 Å². The molecule has 13 heavy (non-hydrogen) atoms. The smallest absolute Gasteiger partial charge is 0.330 e. The first kappa shape index (κ1) is 12.2. The molecular weight excluding hydrogens is 168 g/mol. The van der Waals surface area contributed by atoms with Gasteiger partial charge in [-0.3, -0.25) is 0 Å². The highest BCUT2D eigenvalue weighted by Crippen LogP contribution is 2.00. The number of allylic oxidation sites excluding steroid dienone is 1. The summed E-state index contributed by atoms with van der Waals surface area (Å²) in [5.41, 5.74) is 0. The number of esters is 1. The highest BCUT2D eigenvalue weighted by Gasteiger charge is 1.94.